The largest absolute Gasteiger partial charge is 0.497 e. The van der Waals surface area contributed by atoms with E-state index in [1.165, 1.54) is 0 Å². The van der Waals surface area contributed by atoms with Crippen molar-refractivity contribution in [2.45, 2.75) is 43.1 Å². The molecule has 1 aliphatic rings. The summed E-state index contributed by atoms with van der Waals surface area (Å²) in [6, 6.07) is 7.09. The third-order valence-corrected chi connectivity index (χ3v) is 5.42. The van der Waals surface area contributed by atoms with Crippen molar-refractivity contribution in [3.05, 3.63) is 35.7 Å². The molecule has 0 unspecified atom stereocenters. The van der Waals surface area contributed by atoms with Crippen molar-refractivity contribution in [2.24, 2.45) is 0 Å². The van der Waals surface area contributed by atoms with Gasteiger partial charge in [-0.1, -0.05) is 18.6 Å². The average Bonchev–Trinajstić information content (AvgIpc) is 2.78. The third kappa shape index (κ3) is 2.99. The van der Waals surface area contributed by atoms with Gasteiger partial charge in [0.2, 0.25) is 15.0 Å². The minimum Gasteiger partial charge on any atom is -0.497 e. The maximum Gasteiger partial charge on any atom is 0.250 e. The van der Waals surface area contributed by atoms with Crippen LogP contribution >= 0.6 is 0 Å². The lowest BCUT2D eigenvalue weighted by Gasteiger charge is -2.08. The highest BCUT2D eigenvalue weighted by Gasteiger charge is 2.26. The van der Waals surface area contributed by atoms with Crippen LogP contribution in [0.2, 0.25) is 0 Å². The maximum atomic E-state index is 12.7. The van der Waals surface area contributed by atoms with Gasteiger partial charge in [0.05, 0.1) is 12.9 Å². The predicted molar refractivity (Wildman–Crippen MR) is 81.5 cm³/mol. The zero-order valence-corrected chi connectivity index (χ0v) is 13.3. The van der Waals surface area contributed by atoms with Crippen molar-refractivity contribution < 1.29 is 13.2 Å². The van der Waals surface area contributed by atoms with Gasteiger partial charge in [-0.05, 0) is 30.5 Å². The molecule has 0 fully saturated rings. The third-order valence-electron chi connectivity index (χ3n) is 3.84. The normalized spacial score (nSPS) is 15.1. The minimum absolute atomic E-state index is 0.0900. The summed E-state index contributed by atoms with van der Waals surface area (Å²) in [6.45, 7) is 0.676. The van der Waals surface area contributed by atoms with E-state index in [1.54, 1.807) is 35.9 Å². The molecule has 0 bridgehead atoms. The smallest absolute Gasteiger partial charge is 0.250 e. The molecule has 6 nitrogen and oxygen atoms in total. The Morgan fingerprint density at radius 1 is 1.23 bits per heavy atom. The quantitative estimate of drug-likeness (QED) is 0.861. The fraction of sp³-hybridized carbons (Fsp3) is 0.467. The Morgan fingerprint density at radius 2 is 2.09 bits per heavy atom. The summed E-state index contributed by atoms with van der Waals surface area (Å²) in [6.07, 6.45) is 3.89. The highest BCUT2D eigenvalue weighted by molar-refractivity contribution is 7.90. The van der Waals surface area contributed by atoms with Crippen LogP contribution in [0.15, 0.2) is 29.4 Å². The summed E-state index contributed by atoms with van der Waals surface area (Å²) in [5.41, 5.74) is 0.685. The number of nitrogens with zero attached hydrogens (tertiary/aromatic N) is 3. The van der Waals surface area contributed by atoms with Gasteiger partial charge >= 0.3 is 0 Å². The lowest BCUT2D eigenvalue weighted by atomic mass is 10.2. The second kappa shape index (κ2) is 6.08. The van der Waals surface area contributed by atoms with Gasteiger partial charge in [-0.2, -0.15) is 0 Å². The van der Waals surface area contributed by atoms with E-state index in [0.29, 0.717) is 17.9 Å². The number of methoxy groups -OCH3 is 1. The van der Waals surface area contributed by atoms with Crippen LogP contribution in [0, 0.1) is 0 Å². The van der Waals surface area contributed by atoms with E-state index in [0.717, 1.165) is 31.5 Å². The van der Waals surface area contributed by atoms with Gasteiger partial charge in [0.15, 0.2) is 0 Å². The van der Waals surface area contributed by atoms with Gasteiger partial charge in [0.25, 0.3) is 0 Å². The van der Waals surface area contributed by atoms with E-state index in [1.807, 2.05) is 0 Å². The molecule has 1 aromatic heterocycles. The first-order chi connectivity index (χ1) is 10.6. The predicted octanol–water partition coefficient (Wildman–Crippen LogP) is 1.99. The van der Waals surface area contributed by atoms with Crippen molar-refractivity contribution in [1.82, 2.24) is 14.8 Å². The summed E-state index contributed by atoms with van der Waals surface area (Å²) in [7, 11) is -1.96. The van der Waals surface area contributed by atoms with E-state index in [2.05, 4.69) is 10.2 Å². The fourth-order valence-electron chi connectivity index (χ4n) is 2.73. The molecule has 118 valence electrons. The molecule has 3 rings (SSSR count). The summed E-state index contributed by atoms with van der Waals surface area (Å²) < 4.78 is 32.3. The maximum absolute atomic E-state index is 12.7. The zero-order valence-electron chi connectivity index (χ0n) is 12.5. The van der Waals surface area contributed by atoms with Gasteiger partial charge in [0, 0.05) is 13.0 Å². The highest BCUT2D eigenvalue weighted by Crippen LogP contribution is 2.22. The molecule has 7 heteroatoms. The van der Waals surface area contributed by atoms with E-state index in [-0.39, 0.29) is 10.9 Å². The summed E-state index contributed by atoms with van der Waals surface area (Å²) in [5, 5.41) is 8.10. The van der Waals surface area contributed by atoms with Crippen LogP contribution in [0.4, 0.5) is 0 Å². The number of hydrogen-bond acceptors (Lipinski definition) is 5. The average molecular weight is 321 g/mol. The number of aromatic nitrogens is 3. The molecule has 0 spiro atoms. The molecule has 1 aliphatic heterocycles. The van der Waals surface area contributed by atoms with E-state index < -0.39 is 9.84 Å². The first-order valence-electron chi connectivity index (χ1n) is 7.38. The second-order valence-electron chi connectivity index (χ2n) is 5.47. The molecule has 2 aromatic rings. The van der Waals surface area contributed by atoms with Crippen molar-refractivity contribution >= 4 is 9.84 Å². The number of aryl methyl sites for hydroxylation is 1. The molecule has 0 atom stereocenters. The fourth-order valence-corrected chi connectivity index (χ4v) is 4.18. The summed E-state index contributed by atoms with van der Waals surface area (Å²) in [5.74, 6) is 1.33. The lowest BCUT2D eigenvalue weighted by molar-refractivity contribution is 0.414. The van der Waals surface area contributed by atoms with Crippen molar-refractivity contribution in [2.75, 3.05) is 7.11 Å². The molecule has 0 radical (unpaired) electrons. The highest BCUT2D eigenvalue weighted by atomic mass is 32.2. The first-order valence-corrected chi connectivity index (χ1v) is 9.03. The van der Waals surface area contributed by atoms with Crippen LogP contribution in [-0.2, 0) is 28.6 Å². The van der Waals surface area contributed by atoms with Crippen LogP contribution in [0.3, 0.4) is 0 Å². The Kier molecular flexibility index (Phi) is 4.15. The molecule has 0 N–H and O–H groups in total. The zero-order chi connectivity index (χ0) is 15.6. The lowest BCUT2D eigenvalue weighted by Crippen LogP contribution is -2.14. The second-order valence-corrected chi connectivity index (χ2v) is 7.36. The van der Waals surface area contributed by atoms with Crippen molar-refractivity contribution in [1.29, 1.82) is 0 Å². The molecule has 22 heavy (non-hydrogen) atoms. The van der Waals surface area contributed by atoms with Crippen LogP contribution in [0.25, 0.3) is 0 Å². The Balaban J connectivity index is 1.91. The van der Waals surface area contributed by atoms with Crippen LogP contribution in [0.1, 0.15) is 30.7 Å². The Morgan fingerprint density at radius 3 is 2.91 bits per heavy atom. The Hall–Kier alpha value is -1.89. The number of sulfone groups is 1. The molecule has 0 amide bonds. The number of ether oxygens (including phenoxy) is 1. The number of hydrogen-bond donors (Lipinski definition) is 0. The van der Waals surface area contributed by atoms with Gasteiger partial charge in [-0.3, -0.25) is 0 Å². The minimum atomic E-state index is -3.52. The molecule has 0 saturated carbocycles. The van der Waals surface area contributed by atoms with Crippen LogP contribution in [0.5, 0.6) is 5.75 Å². The van der Waals surface area contributed by atoms with Gasteiger partial charge in [-0.25, -0.2) is 8.42 Å². The van der Waals surface area contributed by atoms with Gasteiger partial charge in [-0.15, -0.1) is 10.2 Å². The van der Waals surface area contributed by atoms with Crippen molar-refractivity contribution in [3.8, 4) is 5.75 Å². The van der Waals surface area contributed by atoms with Crippen molar-refractivity contribution in [3.63, 3.8) is 0 Å². The molecule has 0 aliphatic carbocycles. The van der Waals surface area contributed by atoms with Crippen LogP contribution < -0.4 is 4.74 Å². The number of fused-ring (bicyclic) bond motifs is 1. The molecular formula is C15H19N3O3S. The molecule has 1 aromatic carbocycles. The Labute approximate surface area is 130 Å². The first kappa shape index (κ1) is 15.0. The monoisotopic (exact) mass is 321 g/mol. The topological polar surface area (TPSA) is 74.1 Å². The number of benzene rings is 1. The Bertz CT molecular complexity index is 768. The molecule has 0 saturated heterocycles. The van der Waals surface area contributed by atoms with E-state index >= 15 is 0 Å². The van der Waals surface area contributed by atoms with Gasteiger partial charge < -0.3 is 9.30 Å². The molecular weight excluding hydrogens is 302 g/mol. The van der Waals surface area contributed by atoms with E-state index in [4.69, 9.17) is 4.74 Å². The van der Waals surface area contributed by atoms with Crippen LogP contribution in [-0.4, -0.2) is 30.3 Å². The molecule has 2 heterocycles. The SMILES string of the molecule is COc1cccc(CS(=O)(=O)c2nnc3n2CCCCC3)c1. The van der Waals surface area contributed by atoms with E-state index in [9.17, 15) is 8.42 Å². The standard InChI is InChI=1S/C15H19N3O3S/c1-21-13-7-5-6-12(10-13)11-22(19,20)15-17-16-14-8-3-2-4-9-18(14)15/h5-7,10H,2-4,8-9,11H2,1H3. The summed E-state index contributed by atoms with van der Waals surface area (Å²) >= 11 is 0. The number of rotatable bonds is 4. The summed E-state index contributed by atoms with van der Waals surface area (Å²) in [4.78, 5) is 0. The van der Waals surface area contributed by atoms with Gasteiger partial charge in [0.1, 0.15) is 11.6 Å².